The van der Waals surface area contributed by atoms with Crippen molar-refractivity contribution in [3.8, 4) is 5.75 Å². The molecule has 5 nitrogen and oxygen atoms in total. The van der Waals surface area contributed by atoms with Gasteiger partial charge in [-0.1, -0.05) is 17.7 Å². The fourth-order valence-electron chi connectivity index (χ4n) is 1.43. The van der Waals surface area contributed by atoms with Crippen LogP contribution in [0.1, 0.15) is 11.5 Å². The minimum absolute atomic E-state index is 0.144. The second-order valence-corrected chi connectivity index (χ2v) is 4.42. The highest BCUT2D eigenvalue weighted by Crippen LogP contribution is 2.16. The van der Waals surface area contributed by atoms with Crippen LogP contribution in [0.25, 0.3) is 0 Å². The van der Waals surface area contributed by atoms with Crippen molar-refractivity contribution in [2.75, 3.05) is 6.61 Å². The average molecular weight is 293 g/mol. The molecule has 0 unspecified atom stereocenters. The number of furan rings is 1. The lowest BCUT2D eigenvalue weighted by Gasteiger charge is -2.04. The van der Waals surface area contributed by atoms with Gasteiger partial charge in [-0.2, -0.15) is 5.10 Å². The van der Waals surface area contributed by atoms with E-state index in [9.17, 15) is 4.79 Å². The average Bonchev–Trinajstić information content (AvgIpc) is 2.82. The third-order valence-corrected chi connectivity index (χ3v) is 2.54. The van der Waals surface area contributed by atoms with Gasteiger partial charge in [-0.25, -0.2) is 5.43 Å². The zero-order chi connectivity index (χ0) is 14.4. The normalized spacial score (nSPS) is 10.7. The van der Waals surface area contributed by atoms with Crippen molar-refractivity contribution in [1.82, 2.24) is 5.43 Å². The summed E-state index contributed by atoms with van der Waals surface area (Å²) in [5.74, 6) is 1.50. The van der Waals surface area contributed by atoms with Crippen molar-refractivity contribution in [2.24, 2.45) is 5.10 Å². The van der Waals surface area contributed by atoms with Crippen LogP contribution in [0.3, 0.4) is 0 Å². The van der Waals surface area contributed by atoms with Crippen LogP contribution in [0, 0.1) is 6.92 Å². The van der Waals surface area contributed by atoms with Gasteiger partial charge in [0, 0.05) is 5.02 Å². The standard InChI is InChI=1S/C14H13ClN2O3/c1-10-5-6-13(20-10)8-16-17-14(18)9-19-12-4-2-3-11(15)7-12/h2-8H,9H2,1H3,(H,17,18). The predicted molar refractivity (Wildman–Crippen MR) is 76.1 cm³/mol. The summed E-state index contributed by atoms with van der Waals surface area (Å²) in [5.41, 5.74) is 2.34. The van der Waals surface area contributed by atoms with E-state index in [1.807, 2.05) is 13.0 Å². The first-order chi connectivity index (χ1) is 9.63. The number of amides is 1. The molecule has 0 aliphatic carbocycles. The van der Waals surface area contributed by atoms with E-state index in [0.717, 1.165) is 5.76 Å². The van der Waals surface area contributed by atoms with Gasteiger partial charge in [-0.05, 0) is 37.3 Å². The van der Waals surface area contributed by atoms with Gasteiger partial charge < -0.3 is 9.15 Å². The number of rotatable bonds is 5. The molecule has 0 saturated heterocycles. The monoisotopic (exact) mass is 292 g/mol. The van der Waals surface area contributed by atoms with Crippen LogP contribution < -0.4 is 10.2 Å². The summed E-state index contributed by atoms with van der Waals surface area (Å²) in [7, 11) is 0. The first-order valence-electron chi connectivity index (χ1n) is 5.90. The van der Waals surface area contributed by atoms with Crippen LogP contribution in [0.15, 0.2) is 45.9 Å². The number of ether oxygens (including phenoxy) is 1. The smallest absolute Gasteiger partial charge is 0.277 e. The Kier molecular flexibility index (Phi) is 4.79. The van der Waals surface area contributed by atoms with Crippen LogP contribution in [0.4, 0.5) is 0 Å². The van der Waals surface area contributed by atoms with Crippen LogP contribution in [-0.4, -0.2) is 18.7 Å². The second-order valence-electron chi connectivity index (χ2n) is 3.99. The van der Waals surface area contributed by atoms with Crippen molar-refractivity contribution in [1.29, 1.82) is 0 Å². The Labute approximate surface area is 121 Å². The molecule has 0 radical (unpaired) electrons. The molecular formula is C14H13ClN2O3. The van der Waals surface area contributed by atoms with Crippen molar-refractivity contribution in [3.05, 3.63) is 52.9 Å². The van der Waals surface area contributed by atoms with Gasteiger partial charge in [0.1, 0.15) is 17.3 Å². The molecule has 1 aromatic carbocycles. The predicted octanol–water partition coefficient (Wildman–Crippen LogP) is 2.77. The van der Waals surface area contributed by atoms with Crippen LogP contribution >= 0.6 is 11.6 Å². The van der Waals surface area contributed by atoms with Crippen molar-refractivity contribution < 1.29 is 13.9 Å². The number of hydrazone groups is 1. The van der Waals surface area contributed by atoms with E-state index in [-0.39, 0.29) is 12.5 Å². The Hall–Kier alpha value is -2.27. The minimum atomic E-state index is -0.371. The molecule has 0 saturated carbocycles. The van der Waals surface area contributed by atoms with Gasteiger partial charge in [-0.3, -0.25) is 4.79 Å². The lowest BCUT2D eigenvalue weighted by molar-refractivity contribution is -0.123. The topological polar surface area (TPSA) is 63.8 Å². The molecule has 104 valence electrons. The lowest BCUT2D eigenvalue weighted by Crippen LogP contribution is -2.24. The number of carbonyl (C=O) groups is 1. The molecule has 2 aromatic rings. The third-order valence-electron chi connectivity index (χ3n) is 2.31. The first kappa shape index (κ1) is 14.1. The quantitative estimate of drug-likeness (QED) is 0.681. The molecule has 1 amide bonds. The summed E-state index contributed by atoms with van der Waals surface area (Å²) in [6.07, 6.45) is 1.42. The Morgan fingerprint density at radius 1 is 1.45 bits per heavy atom. The van der Waals surface area contributed by atoms with Gasteiger partial charge in [0.15, 0.2) is 6.61 Å². The van der Waals surface area contributed by atoms with Crippen molar-refractivity contribution in [3.63, 3.8) is 0 Å². The van der Waals surface area contributed by atoms with E-state index in [2.05, 4.69) is 10.5 Å². The number of aryl methyl sites for hydroxylation is 1. The summed E-state index contributed by atoms with van der Waals surface area (Å²) in [5, 5.41) is 4.31. The van der Waals surface area contributed by atoms with Gasteiger partial charge in [0.25, 0.3) is 5.91 Å². The van der Waals surface area contributed by atoms with Crippen LogP contribution in [0.2, 0.25) is 5.02 Å². The Bertz CT molecular complexity index is 622. The summed E-state index contributed by atoms with van der Waals surface area (Å²) in [4.78, 5) is 11.5. The molecule has 6 heteroatoms. The van der Waals surface area contributed by atoms with E-state index >= 15 is 0 Å². The number of hydrogen-bond donors (Lipinski definition) is 1. The Morgan fingerprint density at radius 2 is 2.30 bits per heavy atom. The minimum Gasteiger partial charge on any atom is -0.484 e. The molecule has 0 atom stereocenters. The molecule has 0 spiro atoms. The van der Waals surface area contributed by atoms with Crippen LogP contribution in [0.5, 0.6) is 5.75 Å². The number of halogens is 1. The second kappa shape index (κ2) is 6.77. The molecule has 20 heavy (non-hydrogen) atoms. The zero-order valence-electron chi connectivity index (χ0n) is 10.8. The summed E-state index contributed by atoms with van der Waals surface area (Å²) >= 11 is 5.80. The third kappa shape index (κ3) is 4.44. The van der Waals surface area contributed by atoms with E-state index < -0.39 is 0 Å². The van der Waals surface area contributed by atoms with E-state index in [1.54, 1.807) is 30.3 Å². The summed E-state index contributed by atoms with van der Waals surface area (Å²) < 4.78 is 10.5. The molecule has 0 fully saturated rings. The largest absolute Gasteiger partial charge is 0.484 e. The maximum absolute atomic E-state index is 11.5. The number of nitrogens with one attached hydrogen (secondary N) is 1. The molecule has 0 bridgehead atoms. The molecular weight excluding hydrogens is 280 g/mol. The van der Waals surface area contributed by atoms with E-state index in [4.69, 9.17) is 20.8 Å². The van der Waals surface area contributed by atoms with Crippen molar-refractivity contribution >= 4 is 23.7 Å². The van der Waals surface area contributed by atoms with E-state index in [1.165, 1.54) is 6.21 Å². The van der Waals surface area contributed by atoms with Gasteiger partial charge >= 0.3 is 0 Å². The summed E-state index contributed by atoms with van der Waals surface area (Å²) in [6, 6.07) is 10.4. The maximum atomic E-state index is 11.5. The van der Waals surface area contributed by atoms with Gasteiger partial charge in [-0.15, -0.1) is 0 Å². The SMILES string of the molecule is Cc1ccc(C=NNC(=O)COc2cccc(Cl)c2)o1. The zero-order valence-corrected chi connectivity index (χ0v) is 11.6. The molecule has 1 heterocycles. The van der Waals surface area contributed by atoms with Crippen LogP contribution in [-0.2, 0) is 4.79 Å². The number of nitrogens with zero attached hydrogens (tertiary/aromatic N) is 1. The molecule has 0 aliphatic heterocycles. The fraction of sp³-hybridized carbons (Fsp3) is 0.143. The Balaban J connectivity index is 1.77. The fourth-order valence-corrected chi connectivity index (χ4v) is 1.61. The number of benzene rings is 1. The maximum Gasteiger partial charge on any atom is 0.277 e. The molecule has 0 aliphatic rings. The highest BCUT2D eigenvalue weighted by Gasteiger charge is 2.02. The van der Waals surface area contributed by atoms with Gasteiger partial charge in [0.2, 0.25) is 0 Å². The highest BCUT2D eigenvalue weighted by molar-refractivity contribution is 6.30. The number of carbonyl (C=O) groups excluding carboxylic acids is 1. The molecule has 2 rings (SSSR count). The van der Waals surface area contributed by atoms with Gasteiger partial charge in [0.05, 0.1) is 6.21 Å². The molecule has 1 N–H and O–H groups in total. The Morgan fingerprint density at radius 3 is 3.00 bits per heavy atom. The highest BCUT2D eigenvalue weighted by atomic mass is 35.5. The lowest BCUT2D eigenvalue weighted by atomic mass is 10.3. The molecule has 1 aromatic heterocycles. The first-order valence-corrected chi connectivity index (χ1v) is 6.28. The number of hydrogen-bond acceptors (Lipinski definition) is 4. The van der Waals surface area contributed by atoms with E-state index in [0.29, 0.717) is 16.5 Å². The van der Waals surface area contributed by atoms with Crippen molar-refractivity contribution in [2.45, 2.75) is 6.92 Å². The summed E-state index contributed by atoms with van der Waals surface area (Å²) in [6.45, 7) is 1.68.